The molecule has 0 aromatic carbocycles. The molecule has 0 spiro atoms. The van der Waals surface area contributed by atoms with E-state index >= 15 is 0 Å². The molecule has 0 bridgehead atoms. The molecule has 1 unspecified atom stereocenters. The number of hydrogen-bond acceptors (Lipinski definition) is 1. The summed E-state index contributed by atoms with van der Waals surface area (Å²) in [6.45, 7) is 7.33. The molecule has 0 rings (SSSR count). The van der Waals surface area contributed by atoms with E-state index < -0.39 is 0 Å². The Morgan fingerprint density at radius 3 is 2.60 bits per heavy atom. The third kappa shape index (κ3) is 4.09. The van der Waals surface area contributed by atoms with Gasteiger partial charge in [0.25, 0.3) is 0 Å². The predicted molar refractivity (Wildman–Crippen MR) is 42.8 cm³/mol. The van der Waals surface area contributed by atoms with Gasteiger partial charge in [0.15, 0.2) is 0 Å². The van der Waals surface area contributed by atoms with Crippen LogP contribution >= 0.6 is 0 Å². The Balaban J connectivity index is 3.68. The summed E-state index contributed by atoms with van der Waals surface area (Å²) in [5.74, 6) is -0.0122. The molecule has 0 saturated carbocycles. The molecule has 2 nitrogen and oxygen atoms in total. The van der Waals surface area contributed by atoms with Crippen LogP contribution in [0.15, 0.2) is 12.2 Å². The zero-order chi connectivity index (χ0) is 8.15. The molecule has 0 aromatic heterocycles. The van der Waals surface area contributed by atoms with Gasteiger partial charge in [-0.3, -0.25) is 0 Å². The second-order valence-electron chi connectivity index (χ2n) is 2.56. The first-order chi connectivity index (χ1) is 4.57. The van der Waals surface area contributed by atoms with Crippen molar-refractivity contribution in [1.82, 2.24) is 5.32 Å². The van der Waals surface area contributed by atoms with E-state index in [2.05, 4.69) is 18.8 Å². The number of hydrogen-bond donors (Lipinski definition) is 1. The van der Waals surface area contributed by atoms with E-state index in [9.17, 15) is 4.79 Å². The second kappa shape index (κ2) is 4.94. The first kappa shape index (κ1) is 10.2. The van der Waals surface area contributed by atoms with Crippen LogP contribution in [0.1, 0.15) is 20.3 Å². The van der Waals surface area contributed by atoms with E-state index in [0.29, 0.717) is 8.86 Å². The van der Waals surface area contributed by atoms with Crippen molar-refractivity contribution in [3.05, 3.63) is 12.2 Å². The van der Waals surface area contributed by atoms with Crippen molar-refractivity contribution in [3.63, 3.8) is 0 Å². The quantitative estimate of drug-likeness (QED) is 0.461. The van der Waals surface area contributed by atoms with Crippen LogP contribution in [0.5, 0.6) is 0 Å². The van der Waals surface area contributed by atoms with Crippen molar-refractivity contribution in [2.75, 3.05) is 0 Å². The summed E-state index contributed by atoms with van der Waals surface area (Å²) >= 11 is 1.01. The van der Waals surface area contributed by atoms with Crippen molar-refractivity contribution >= 4 is 33.8 Å². The van der Waals surface area contributed by atoms with Crippen LogP contribution in [0.2, 0.25) is 0 Å². The van der Waals surface area contributed by atoms with Gasteiger partial charge in [-0.1, -0.05) is 0 Å². The Morgan fingerprint density at radius 2 is 2.30 bits per heavy atom. The summed E-state index contributed by atoms with van der Waals surface area (Å²) in [5.41, 5.74) is 0.592. The van der Waals surface area contributed by atoms with Crippen molar-refractivity contribution in [2.24, 2.45) is 0 Å². The molecule has 0 aliphatic carbocycles. The van der Waals surface area contributed by atoms with Gasteiger partial charge in [-0.25, -0.2) is 0 Å². The normalized spacial score (nSPS) is 12.4. The van der Waals surface area contributed by atoms with Crippen LogP contribution in [0.25, 0.3) is 0 Å². The van der Waals surface area contributed by atoms with Crippen LogP contribution < -0.4 is 5.32 Å². The fourth-order valence-corrected chi connectivity index (χ4v) is 0.711. The summed E-state index contributed by atoms with van der Waals surface area (Å²) in [4.78, 5) is 10.9. The second-order valence-corrected chi connectivity index (χ2v) is 3.96. The topological polar surface area (TPSA) is 29.1 Å². The molecule has 1 amide bonds. The molecular formula is C7H12NNaO. The van der Waals surface area contributed by atoms with E-state index in [1.54, 1.807) is 6.92 Å². The fraction of sp³-hybridized carbons (Fsp3) is 0.571. The molecule has 0 aromatic rings. The molecule has 52 valence electrons. The van der Waals surface area contributed by atoms with Gasteiger partial charge in [0.05, 0.1) is 0 Å². The molecule has 0 saturated heterocycles. The molecule has 0 heterocycles. The zero-order valence-electron chi connectivity index (χ0n) is 6.90. The van der Waals surface area contributed by atoms with E-state index in [-0.39, 0.29) is 5.91 Å². The molecule has 0 aliphatic rings. The van der Waals surface area contributed by atoms with Gasteiger partial charge in [-0.05, 0) is 0 Å². The van der Waals surface area contributed by atoms with E-state index in [1.807, 2.05) is 0 Å². The summed E-state index contributed by atoms with van der Waals surface area (Å²) < 4.78 is 0.393. The monoisotopic (exact) mass is 149 g/mol. The SMILES string of the molecule is C=C(C)C(=O)N[CH]([Na])CC. The Morgan fingerprint density at radius 1 is 1.80 bits per heavy atom. The molecule has 0 fully saturated rings. The van der Waals surface area contributed by atoms with Crippen LogP contribution in [0.3, 0.4) is 0 Å². The van der Waals surface area contributed by atoms with E-state index in [4.69, 9.17) is 0 Å². The number of carbonyl (C=O) groups excluding carboxylic acids is 1. The standard InChI is InChI=1S/C7H12NO.Na/c1-4-5-8-7(9)6(2)3;/h5H,2,4H2,1,3H3,(H,8,9);. The van der Waals surface area contributed by atoms with Gasteiger partial charge < -0.3 is 0 Å². The molecule has 0 aliphatic heterocycles. The Hall–Kier alpha value is 0.210. The molecule has 1 N–H and O–H groups in total. The van der Waals surface area contributed by atoms with Crippen LogP contribution in [-0.4, -0.2) is 37.1 Å². The molecule has 3 heteroatoms. The molecule has 0 radical (unpaired) electrons. The summed E-state index contributed by atoms with van der Waals surface area (Å²) in [5, 5.41) is 2.85. The minimum absolute atomic E-state index is 0.0122. The third-order valence-electron chi connectivity index (χ3n) is 1.38. The van der Waals surface area contributed by atoms with Gasteiger partial charge >= 0.3 is 79.7 Å². The first-order valence-corrected chi connectivity index (χ1v) is 4.69. The van der Waals surface area contributed by atoms with Gasteiger partial charge in [0.1, 0.15) is 0 Å². The fourth-order valence-electron chi connectivity index (χ4n) is 0.449. The van der Waals surface area contributed by atoms with E-state index in [1.165, 1.54) is 0 Å². The molecule has 1 atom stereocenters. The average Bonchev–Trinajstić information content (AvgIpc) is 1.87. The van der Waals surface area contributed by atoms with E-state index in [0.717, 1.165) is 34.4 Å². The maximum atomic E-state index is 10.9. The van der Waals surface area contributed by atoms with Crippen molar-refractivity contribution in [3.8, 4) is 0 Å². The van der Waals surface area contributed by atoms with Crippen molar-refractivity contribution in [1.29, 1.82) is 0 Å². The number of amides is 1. The predicted octanol–water partition coefficient (Wildman–Crippen LogP) is 0.583. The van der Waals surface area contributed by atoms with Crippen molar-refractivity contribution in [2.45, 2.75) is 23.6 Å². The first-order valence-electron chi connectivity index (χ1n) is 3.54. The van der Waals surface area contributed by atoms with Crippen LogP contribution in [0, 0.1) is 0 Å². The third-order valence-corrected chi connectivity index (χ3v) is 2.48. The Kier molecular flexibility index (Phi) is 5.04. The Labute approximate surface area is 79.5 Å². The zero-order valence-corrected chi connectivity index (χ0v) is 8.90. The molecule has 10 heavy (non-hydrogen) atoms. The van der Waals surface area contributed by atoms with Gasteiger partial charge in [0, 0.05) is 0 Å². The average molecular weight is 149 g/mol. The van der Waals surface area contributed by atoms with Crippen molar-refractivity contribution < 1.29 is 4.79 Å². The van der Waals surface area contributed by atoms with Gasteiger partial charge in [0.2, 0.25) is 0 Å². The summed E-state index contributed by atoms with van der Waals surface area (Å²) in [6, 6.07) is 0. The maximum absolute atomic E-state index is 10.9. The number of carbonyl (C=O) groups is 1. The van der Waals surface area contributed by atoms with Gasteiger partial charge in [-0.2, -0.15) is 0 Å². The number of rotatable bonds is 3. The number of nitrogens with one attached hydrogen (secondary N) is 1. The summed E-state index contributed by atoms with van der Waals surface area (Å²) in [7, 11) is 0. The summed E-state index contributed by atoms with van der Waals surface area (Å²) in [6.07, 6.45) is 1.02. The Bertz CT molecular complexity index is 145. The van der Waals surface area contributed by atoms with Gasteiger partial charge in [-0.15, -0.1) is 0 Å². The van der Waals surface area contributed by atoms with Crippen LogP contribution in [0.4, 0.5) is 0 Å². The molecular weight excluding hydrogens is 137 g/mol. The van der Waals surface area contributed by atoms with Crippen LogP contribution in [-0.2, 0) is 4.79 Å². The minimum atomic E-state index is -0.0122.